The van der Waals surface area contributed by atoms with Gasteiger partial charge in [-0.25, -0.2) is 0 Å². The van der Waals surface area contributed by atoms with Gasteiger partial charge >= 0.3 is 0 Å². The van der Waals surface area contributed by atoms with Gasteiger partial charge in [-0.3, -0.25) is 0 Å². The summed E-state index contributed by atoms with van der Waals surface area (Å²) in [6.07, 6.45) is 0. The van der Waals surface area contributed by atoms with Gasteiger partial charge < -0.3 is 10.5 Å². The highest BCUT2D eigenvalue weighted by Crippen LogP contribution is 2.45. The van der Waals surface area contributed by atoms with E-state index in [-0.39, 0.29) is 0 Å². The number of benzene rings is 2. The third-order valence-electron chi connectivity index (χ3n) is 3.81. The van der Waals surface area contributed by atoms with E-state index in [1.807, 2.05) is 30.3 Å². The van der Waals surface area contributed by atoms with E-state index in [1.165, 1.54) is 11.1 Å². The fourth-order valence-corrected chi connectivity index (χ4v) is 2.77. The zero-order chi connectivity index (χ0) is 12.5. The lowest BCUT2D eigenvalue weighted by Crippen LogP contribution is -2.17. The van der Waals surface area contributed by atoms with Crippen LogP contribution in [0.3, 0.4) is 0 Å². The first-order valence-electron chi connectivity index (χ1n) is 6.37. The second kappa shape index (κ2) is 4.46. The maximum atomic E-state index is 6.05. The van der Waals surface area contributed by atoms with Crippen LogP contribution in [0.2, 0.25) is 0 Å². The molecular weight excluding hydrogens is 222 g/mol. The molecule has 1 aliphatic rings. The topological polar surface area (TPSA) is 35.2 Å². The van der Waals surface area contributed by atoms with Gasteiger partial charge in [0.25, 0.3) is 0 Å². The normalized spacial score (nSPS) is 21.4. The third-order valence-corrected chi connectivity index (χ3v) is 3.81. The summed E-state index contributed by atoms with van der Waals surface area (Å²) in [6, 6.07) is 16.4. The molecule has 3 rings (SSSR count). The Morgan fingerprint density at radius 1 is 0.944 bits per heavy atom. The molecule has 1 aliphatic heterocycles. The Hall–Kier alpha value is -1.80. The molecule has 0 unspecified atom stereocenters. The van der Waals surface area contributed by atoms with E-state index < -0.39 is 0 Å². The van der Waals surface area contributed by atoms with Gasteiger partial charge in [-0.2, -0.15) is 0 Å². The largest absolute Gasteiger partial charge is 0.457 e. The van der Waals surface area contributed by atoms with Gasteiger partial charge in [0.1, 0.15) is 11.5 Å². The number of fused-ring (bicyclic) bond motifs is 2. The van der Waals surface area contributed by atoms with Crippen LogP contribution in [0.15, 0.2) is 48.5 Å². The highest BCUT2D eigenvalue weighted by molar-refractivity contribution is 5.49. The summed E-state index contributed by atoms with van der Waals surface area (Å²) in [5, 5.41) is 0. The Morgan fingerprint density at radius 2 is 1.50 bits per heavy atom. The molecule has 2 atom stereocenters. The minimum atomic E-state index is 0.310. The van der Waals surface area contributed by atoms with Crippen molar-refractivity contribution < 1.29 is 4.74 Å². The molecule has 0 fully saturated rings. The van der Waals surface area contributed by atoms with E-state index in [1.54, 1.807) is 0 Å². The van der Waals surface area contributed by atoms with Crippen LogP contribution in [0.1, 0.15) is 29.9 Å². The van der Waals surface area contributed by atoms with E-state index in [0.717, 1.165) is 11.5 Å². The molecule has 2 N–H and O–H groups in total. The molecule has 0 radical (unpaired) electrons. The number of hydrogen-bond donors (Lipinski definition) is 1. The summed E-state index contributed by atoms with van der Waals surface area (Å²) in [5.41, 5.74) is 8.43. The zero-order valence-electron chi connectivity index (χ0n) is 10.5. The molecule has 18 heavy (non-hydrogen) atoms. The van der Waals surface area contributed by atoms with Crippen molar-refractivity contribution in [2.24, 2.45) is 5.73 Å². The van der Waals surface area contributed by atoms with E-state index in [2.05, 4.69) is 25.1 Å². The van der Waals surface area contributed by atoms with Crippen LogP contribution in [0.25, 0.3) is 0 Å². The average Bonchev–Trinajstić information content (AvgIpc) is 2.53. The maximum Gasteiger partial charge on any atom is 0.130 e. The fraction of sp³-hybridized carbons (Fsp3) is 0.250. The van der Waals surface area contributed by atoms with E-state index >= 15 is 0 Å². The van der Waals surface area contributed by atoms with Crippen LogP contribution in [0.4, 0.5) is 0 Å². The molecule has 1 heterocycles. The first-order chi connectivity index (χ1) is 8.81. The molecule has 92 valence electrons. The Balaban J connectivity index is 2.20. The quantitative estimate of drug-likeness (QED) is 0.824. The van der Waals surface area contributed by atoms with Crippen molar-refractivity contribution in [2.75, 3.05) is 6.54 Å². The van der Waals surface area contributed by atoms with Crippen molar-refractivity contribution in [2.45, 2.75) is 18.8 Å². The number of para-hydroxylation sites is 2. The molecule has 0 amide bonds. The van der Waals surface area contributed by atoms with Gasteiger partial charge in [-0.1, -0.05) is 43.3 Å². The third kappa shape index (κ3) is 1.70. The lowest BCUT2D eigenvalue weighted by atomic mass is 9.83. The van der Waals surface area contributed by atoms with Crippen LogP contribution in [-0.4, -0.2) is 6.54 Å². The average molecular weight is 239 g/mol. The van der Waals surface area contributed by atoms with Gasteiger partial charge in [0.2, 0.25) is 0 Å². The van der Waals surface area contributed by atoms with Crippen molar-refractivity contribution in [1.82, 2.24) is 0 Å². The van der Waals surface area contributed by atoms with Crippen LogP contribution in [0, 0.1) is 0 Å². The molecule has 2 nitrogen and oxygen atoms in total. The SMILES string of the molecule is C[C@H]1c2ccccc2Oc2ccccc2[C@@H]1CN. The Bertz CT molecular complexity index is 565. The van der Waals surface area contributed by atoms with Crippen molar-refractivity contribution in [3.8, 4) is 11.5 Å². The van der Waals surface area contributed by atoms with Crippen LogP contribution < -0.4 is 10.5 Å². The molecule has 2 aromatic carbocycles. The van der Waals surface area contributed by atoms with Gasteiger partial charge in [0, 0.05) is 5.92 Å². The summed E-state index contributed by atoms with van der Waals surface area (Å²) < 4.78 is 6.05. The van der Waals surface area contributed by atoms with E-state index in [4.69, 9.17) is 10.5 Å². The van der Waals surface area contributed by atoms with Crippen molar-refractivity contribution in [3.05, 3.63) is 59.7 Å². The zero-order valence-corrected chi connectivity index (χ0v) is 10.5. The Morgan fingerprint density at radius 3 is 2.17 bits per heavy atom. The van der Waals surface area contributed by atoms with Crippen LogP contribution in [0.5, 0.6) is 11.5 Å². The molecule has 0 saturated heterocycles. The summed E-state index contributed by atoms with van der Waals surface area (Å²) >= 11 is 0. The minimum absolute atomic E-state index is 0.310. The van der Waals surface area contributed by atoms with E-state index in [0.29, 0.717) is 18.4 Å². The first kappa shape index (κ1) is 11.3. The standard InChI is InChI=1S/C16H17NO/c1-11-12-6-2-4-8-15(12)18-16-9-5-3-7-13(16)14(11)10-17/h2-9,11,14H,10,17H2,1H3/t11-,14+/m0/s1. The van der Waals surface area contributed by atoms with Gasteiger partial charge in [0.15, 0.2) is 0 Å². The van der Waals surface area contributed by atoms with Gasteiger partial charge in [-0.05, 0) is 35.7 Å². The molecule has 2 heteroatoms. The van der Waals surface area contributed by atoms with Crippen molar-refractivity contribution in [1.29, 1.82) is 0 Å². The predicted octanol–water partition coefficient (Wildman–Crippen LogP) is 3.64. The van der Waals surface area contributed by atoms with Crippen molar-refractivity contribution >= 4 is 0 Å². The lowest BCUT2D eigenvalue weighted by Gasteiger charge is -2.21. The summed E-state index contributed by atoms with van der Waals surface area (Å²) in [4.78, 5) is 0. The highest BCUT2D eigenvalue weighted by atomic mass is 16.5. The monoisotopic (exact) mass is 239 g/mol. The lowest BCUT2D eigenvalue weighted by molar-refractivity contribution is 0.478. The molecule has 2 aromatic rings. The first-order valence-corrected chi connectivity index (χ1v) is 6.37. The number of ether oxygens (including phenoxy) is 1. The maximum absolute atomic E-state index is 6.05. The number of rotatable bonds is 1. The van der Waals surface area contributed by atoms with Crippen molar-refractivity contribution in [3.63, 3.8) is 0 Å². The van der Waals surface area contributed by atoms with Gasteiger partial charge in [-0.15, -0.1) is 0 Å². The Labute approximate surface area is 107 Å². The molecule has 0 aromatic heterocycles. The summed E-state index contributed by atoms with van der Waals surface area (Å²) in [7, 11) is 0. The van der Waals surface area contributed by atoms with Gasteiger partial charge in [0.05, 0.1) is 0 Å². The predicted molar refractivity (Wildman–Crippen MR) is 73.2 cm³/mol. The molecule has 0 aliphatic carbocycles. The van der Waals surface area contributed by atoms with E-state index in [9.17, 15) is 0 Å². The summed E-state index contributed by atoms with van der Waals surface area (Å²) in [6.45, 7) is 2.86. The number of nitrogens with two attached hydrogens (primary N) is 1. The minimum Gasteiger partial charge on any atom is -0.457 e. The molecule has 0 bridgehead atoms. The highest BCUT2D eigenvalue weighted by Gasteiger charge is 2.28. The second-order valence-electron chi connectivity index (χ2n) is 4.81. The smallest absolute Gasteiger partial charge is 0.130 e. The Kier molecular flexibility index (Phi) is 2.80. The van der Waals surface area contributed by atoms with Crippen LogP contribution >= 0.6 is 0 Å². The number of hydrogen-bond acceptors (Lipinski definition) is 2. The fourth-order valence-electron chi connectivity index (χ4n) is 2.77. The molecular formula is C16H17NO. The van der Waals surface area contributed by atoms with Crippen LogP contribution in [-0.2, 0) is 0 Å². The molecule has 0 saturated carbocycles. The second-order valence-corrected chi connectivity index (χ2v) is 4.81. The molecule has 0 spiro atoms. The summed E-state index contributed by atoms with van der Waals surface area (Å²) in [5.74, 6) is 2.57.